The molecule has 2 nitrogen and oxygen atoms in total. The van der Waals surface area contributed by atoms with E-state index in [4.69, 9.17) is 0 Å². The van der Waals surface area contributed by atoms with Crippen LogP contribution in [0.5, 0.6) is 0 Å². The minimum absolute atomic E-state index is 0.425. The number of alkyl halides is 2. The molecule has 0 N–H and O–H groups in total. The van der Waals surface area contributed by atoms with Gasteiger partial charge in [0, 0.05) is 0 Å². The number of rotatable bonds is 2. The lowest BCUT2D eigenvalue weighted by Gasteiger charge is -2.65. The predicted octanol–water partition coefficient (Wildman–Crippen LogP) is 9.11. The number of nitrogens with zero attached hydrogens (tertiary/aromatic N) is 2. The molecular weight excluding hydrogens is 560 g/mol. The Morgan fingerprint density at radius 3 is 1.77 bits per heavy atom. The Hall–Kier alpha value is 0.880. The van der Waals surface area contributed by atoms with E-state index in [0.29, 0.717) is 16.5 Å². The molecule has 204 valence electrons. The van der Waals surface area contributed by atoms with E-state index in [1.165, 1.54) is 96.8 Å². The zero-order chi connectivity index (χ0) is 25.1. The third-order valence-electron chi connectivity index (χ3n) is 12.4. The minimum Gasteiger partial charge on any atom is -0.285 e. The average molecular weight is 617 g/mol. The van der Waals surface area contributed by atoms with Crippen LogP contribution in [-0.2, 0) is 0 Å². The van der Waals surface area contributed by atoms with Gasteiger partial charge in [0.05, 0.1) is 5.66 Å². The molecule has 6 rings (SSSR count). The summed E-state index contributed by atoms with van der Waals surface area (Å²) in [4.78, 5) is 6.06. The van der Waals surface area contributed by atoms with Crippen LogP contribution in [-0.4, -0.2) is 53.3 Å². The maximum atomic E-state index is 3.03. The maximum Gasteiger partial charge on any atom is 0.0740 e. The summed E-state index contributed by atoms with van der Waals surface area (Å²) in [6.45, 7) is 11.0. The Kier molecular flexibility index (Phi) is 10.2. The van der Waals surface area contributed by atoms with E-state index in [0.717, 1.165) is 23.7 Å². The largest absolute Gasteiger partial charge is 0.285 e. The van der Waals surface area contributed by atoms with Crippen LogP contribution in [0.1, 0.15) is 117 Å². The molecule has 0 amide bonds. The van der Waals surface area contributed by atoms with E-state index in [2.05, 4.69) is 55.5 Å². The fourth-order valence-electron chi connectivity index (χ4n) is 10.6. The fraction of sp³-hybridized carbons (Fsp3) is 1.00. The Labute approximate surface area is 235 Å². The van der Waals surface area contributed by atoms with Crippen molar-refractivity contribution < 1.29 is 0 Å². The molecule has 35 heavy (non-hydrogen) atoms. The summed E-state index contributed by atoms with van der Waals surface area (Å²) in [6, 6.07) is 0. The van der Waals surface area contributed by atoms with Gasteiger partial charge in [0.2, 0.25) is 0 Å². The second-order valence-corrected chi connectivity index (χ2v) is 13.5. The molecule has 0 unspecified atom stereocenters. The smallest absolute Gasteiger partial charge is 0.0740 e. The molecule has 4 saturated carbocycles. The van der Waals surface area contributed by atoms with Crippen LogP contribution in [0.3, 0.4) is 0 Å². The van der Waals surface area contributed by atoms with E-state index >= 15 is 0 Å². The lowest BCUT2D eigenvalue weighted by Crippen LogP contribution is -2.67. The summed E-state index contributed by atoms with van der Waals surface area (Å²) in [5, 5.41) is 0. The van der Waals surface area contributed by atoms with Gasteiger partial charge in [-0.3, -0.25) is 9.80 Å². The number of hydrogen-bond acceptors (Lipinski definition) is 2. The van der Waals surface area contributed by atoms with Crippen LogP contribution in [0, 0.1) is 34.5 Å². The molecule has 0 aromatic rings. The first-order valence-electron chi connectivity index (χ1n) is 15.3. The second kappa shape index (κ2) is 12.4. The molecule has 6 aliphatic rings. The van der Waals surface area contributed by atoms with E-state index in [9.17, 15) is 0 Å². The maximum absolute atomic E-state index is 3.03. The quantitative estimate of drug-likeness (QED) is 0.286. The molecule has 4 aliphatic carbocycles. The Morgan fingerprint density at radius 1 is 0.571 bits per heavy atom. The first-order valence-corrected chi connectivity index (χ1v) is 18.5. The van der Waals surface area contributed by atoms with E-state index < -0.39 is 0 Å². The number of halogens is 2. The molecule has 0 aromatic heterocycles. The lowest BCUT2D eigenvalue weighted by molar-refractivity contribution is -0.177. The van der Waals surface area contributed by atoms with Crippen molar-refractivity contribution in [2.45, 2.75) is 122 Å². The molecule has 4 heteroatoms. The van der Waals surface area contributed by atoms with Gasteiger partial charge < -0.3 is 0 Å². The number of piperidine rings is 2. The highest BCUT2D eigenvalue weighted by molar-refractivity contribution is 9.09. The van der Waals surface area contributed by atoms with E-state index in [1.807, 2.05) is 11.7 Å². The van der Waals surface area contributed by atoms with Crippen molar-refractivity contribution in [1.82, 2.24) is 9.80 Å². The van der Waals surface area contributed by atoms with Crippen molar-refractivity contribution in [3.05, 3.63) is 0 Å². The SMILES string of the molecule is CBr.CBr.C[C@@]12CCC[C@H]1[C@@H]1CC[C@H]3CC(N4CCCCC4)(N4CCCCC4)CC[C@]3(C)[C@H]1CC2. The van der Waals surface area contributed by atoms with Crippen molar-refractivity contribution >= 4 is 31.9 Å². The van der Waals surface area contributed by atoms with Gasteiger partial charge in [-0.1, -0.05) is 65.0 Å². The second-order valence-electron chi connectivity index (χ2n) is 13.5. The summed E-state index contributed by atoms with van der Waals surface area (Å²) in [6.07, 6.45) is 24.1. The Bertz CT molecular complexity index is 640. The first kappa shape index (κ1) is 28.9. The van der Waals surface area contributed by atoms with Gasteiger partial charge in [-0.2, -0.15) is 0 Å². The highest BCUT2D eigenvalue weighted by atomic mass is 79.9. The molecule has 0 bridgehead atoms. The molecule has 0 radical (unpaired) electrons. The predicted molar refractivity (Wildman–Crippen MR) is 160 cm³/mol. The van der Waals surface area contributed by atoms with Crippen LogP contribution in [0.15, 0.2) is 0 Å². The standard InChI is InChI=1S/C29H50N2.2CH3Br/c1-27-14-9-10-25(27)24-12-11-23-22-29(30-18-5-3-6-19-30,31-20-7-4-8-21-31)17-16-28(23,2)26(24)13-15-27;2*1-2/h23-26H,3-22H2,1-2H3;2*1H3/t23-,24-,25-,26-,27-,28-;;/m0../s1. The van der Waals surface area contributed by atoms with E-state index in [1.54, 1.807) is 32.1 Å². The summed E-state index contributed by atoms with van der Waals surface area (Å²) in [5.74, 6) is 7.79. The highest BCUT2D eigenvalue weighted by Crippen LogP contribution is 2.67. The monoisotopic (exact) mass is 614 g/mol. The van der Waals surface area contributed by atoms with Crippen molar-refractivity contribution in [2.75, 3.05) is 37.8 Å². The number of fused-ring (bicyclic) bond motifs is 5. The Balaban J connectivity index is 0.000000689. The van der Waals surface area contributed by atoms with Crippen LogP contribution < -0.4 is 0 Å². The van der Waals surface area contributed by atoms with Gasteiger partial charge in [-0.05, 0) is 156 Å². The van der Waals surface area contributed by atoms with Gasteiger partial charge in [0.1, 0.15) is 0 Å². The minimum atomic E-state index is 0.425. The van der Waals surface area contributed by atoms with Gasteiger partial charge in [0.15, 0.2) is 0 Å². The number of likely N-dealkylation sites (tertiary alicyclic amines) is 2. The summed E-state index contributed by atoms with van der Waals surface area (Å²) in [5.41, 5.74) is 1.78. The lowest BCUT2D eigenvalue weighted by atomic mass is 9.44. The molecule has 2 saturated heterocycles. The van der Waals surface area contributed by atoms with Gasteiger partial charge in [0.25, 0.3) is 0 Å². The van der Waals surface area contributed by atoms with Crippen LogP contribution in [0.25, 0.3) is 0 Å². The topological polar surface area (TPSA) is 6.48 Å². The summed E-state index contributed by atoms with van der Waals surface area (Å²) in [7, 11) is 0. The summed E-state index contributed by atoms with van der Waals surface area (Å²) < 4.78 is 0. The average Bonchev–Trinajstić information content (AvgIpc) is 3.33. The zero-order valence-corrected chi connectivity index (χ0v) is 26.8. The fourth-order valence-corrected chi connectivity index (χ4v) is 10.6. The van der Waals surface area contributed by atoms with E-state index in [-0.39, 0.29) is 0 Å². The molecule has 0 aromatic carbocycles. The molecule has 6 fully saturated rings. The van der Waals surface area contributed by atoms with Gasteiger partial charge >= 0.3 is 0 Å². The Morgan fingerprint density at radius 2 is 1.17 bits per heavy atom. The highest BCUT2D eigenvalue weighted by Gasteiger charge is 2.61. The first-order chi connectivity index (χ1) is 17.1. The van der Waals surface area contributed by atoms with Crippen LogP contribution >= 0.6 is 31.9 Å². The van der Waals surface area contributed by atoms with Crippen molar-refractivity contribution in [2.24, 2.45) is 34.5 Å². The summed E-state index contributed by atoms with van der Waals surface area (Å²) >= 11 is 5.88. The van der Waals surface area contributed by atoms with Crippen LogP contribution in [0.2, 0.25) is 0 Å². The number of hydrogen-bond donors (Lipinski definition) is 0. The molecule has 2 aliphatic heterocycles. The van der Waals surface area contributed by atoms with Gasteiger partial charge in [-0.15, -0.1) is 0 Å². The van der Waals surface area contributed by atoms with Crippen molar-refractivity contribution in [3.8, 4) is 0 Å². The normalized spacial score (nSPS) is 43.4. The van der Waals surface area contributed by atoms with Crippen molar-refractivity contribution in [1.29, 1.82) is 0 Å². The zero-order valence-electron chi connectivity index (χ0n) is 23.6. The third kappa shape index (κ3) is 5.23. The molecule has 0 spiro atoms. The van der Waals surface area contributed by atoms with Crippen molar-refractivity contribution in [3.63, 3.8) is 0 Å². The third-order valence-corrected chi connectivity index (χ3v) is 12.4. The molecular formula is C31H56Br2N2. The van der Waals surface area contributed by atoms with Gasteiger partial charge in [-0.25, -0.2) is 0 Å². The molecule has 6 atom stereocenters. The van der Waals surface area contributed by atoms with Crippen LogP contribution in [0.4, 0.5) is 0 Å². The molecule has 2 heterocycles.